The molecule has 0 aromatic heterocycles. The number of aliphatic carboxylic acids is 1. The van der Waals surface area contributed by atoms with E-state index < -0.39 is 5.97 Å². The van der Waals surface area contributed by atoms with Gasteiger partial charge in [0.2, 0.25) is 11.8 Å². The fourth-order valence-corrected chi connectivity index (χ4v) is 7.40. The Morgan fingerprint density at radius 3 is 2.67 bits per heavy atom. The fraction of sp³-hybridized carbons (Fsp3) is 0.739. The second-order valence-corrected chi connectivity index (χ2v) is 11.3. The third kappa shape index (κ3) is 4.33. The first-order valence-corrected chi connectivity index (χ1v) is 12.7. The lowest BCUT2D eigenvalue weighted by atomic mass is 9.73. The molecule has 3 N–H and O–H groups in total. The molecule has 0 radical (unpaired) electrons. The zero-order valence-corrected chi connectivity index (χ0v) is 20.5. The molecule has 0 bridgehead atoms. The zero-order valence-electron chi connectivity index (χ0n) is 19.7. The van der Waals surface area contributed by atoms with Crippen LogP contribution in [0.1, 0.15) is 40.0 Å². The van der Waals surface area contributed by atoms with Crippen molar-refractivity contribution in [2.24, 2.45) is 17.8 Å². The largest absolute Gasteiger partial charge is 0.477 e. The van der Waals surface area contributed by atoms with Crippen molar-refractivity contribution in [1.82, 2.24) is 20.4 Å². The van der Waals surface area contributed by atoms with Crippen LogP contribution in [0.5, 0.6) is 0 Å². The van der Waals surface area contributed by atoms with Crippen LogP contribution >= 0.6 is 11.8 Å². The molecule has 0 saturated carbocycles. The van der Waals surface area contributed by atoms with Crippen molar-refractivity contribution in [3.63, 3.8) is 0 Å². The molecule has 2 unspecified atom stereocenters. The topological polar surface area (TPSA) is 119 Å². The summed E-state index contributed by atoms with van der Waals surface area (Å²) in [6.07, 6.45) is 1.91. The molecule has 4 aliphatic heterocycles. The number of hydrogen-bond donors (Lipinski definition) is 3. The number of nitrogens with zero attached hydrogens (tertiary/aromatic N) is 2. The molecule has 7 atom stereocenters. The van der Waals surface area contributed by atoms with Crippen LogP contribution < -0.4 is 10.6 Å². The number of likely N-dealkylation sites (tertiary alicyclic amines) is 1. The van der Waals surface area contributed by atoms with Crippen LogP contribution in [0.4, 0.5) is 0 Å². The number of amides is 2. The highest BCUT2D eigenvalue weighted by Gasteiger charge is 2.60. The number of likely N-dealkylation sites (N-methyl/N-ethyl adjacent to an activating group) is 1. The van der Waals surface area contributed by atoms with Crippen LogP contribution in [0.25, 0.3) is 0 Å². The quantitative estimate of drug-likeness (QED) is 0.436. The number of ketones is 1. The number of carboxylic acids is 1. The van der Waals surface area contributed by atoms with Crippen LogP contribution in [0.15, 0.2) is 10.6 Å². The lowest BCUT2D eigenvalue weighted by molar-refractivity contribution is -0.160. The molecule has 10 heteroatoms. The zero-order chi connectivity index (χ0) is 24.0. The summed E-state index contributed by atoms with van der Waals surface area (Å²) in [5.74, 6) is -1.70. The number of fused-ring (bicyclic) bond motifs is 1. The summed E-state index contributed by atoms with van der Waals surface area (Å²) in [4.78, 5) is 53.6. The molecule has 0 aromatic rings. The molecule has 4 heterocycles. The summed E-state index contributed by atoms with van der Waals surface area (Å²) in [6.45, 7) is 7.48. The Balaban J connectivity index is 1.43. The highest BCUT2D eigenvalue weighted by molar-refractivity contribution is 8.03. The van der Waals surface area contributed by atoms with E-state index in [4.69, 9.17) is 0 Å². The van der Waals surface area contributed by atoms with Gasteiger partial charge in [-0.25, -0.2) is 4.79 Å². The van der Waals surface area contributed by atoms with E-state index in [-0.39, 0.29) is 58.4 Å². The van der Waals surface area contributed by atoms with Gasteiger partial charge in [0.25, 0.3) is 0 Å². The van der Waals surface area contributed by atoms with Gasteiger partial charge in [0.15, 0.2) is 0 Å². The van der Waals surface area contributed by atoms with Gasteiger partial charge in [-0.2, -0.15) is 0 Å². The monoisotopic (exact) mass is 478 g/mol. The predicted molar refractivity (Wildman–Crippen MR) is 124 cm³/mol. The van der Waals surface area contributed by atoms with E-state index in [0.717, 1.165) is 24.4 Å². The van der Waals surface area contributed by atoms with Crippen molar-refractivity contribution in [3.05, 3.63) is 10.6 Å². The maximum absolute atomic E-state index is 12.9. The van der Waals surface area contributed by atoms with E-state index in [0.29, 0.717) is 25.4 Å². The van der Waals surface area contributed by atoms with Crippen molar-refractivity contribution in [2.75, 3.05) is 26.7 Å². The smallest absolute Gasteiger partial charge is 0.353 e. The number of hydrogen-bond acceptors (Lipinski definition) is 7. The maximum Gasteiger partial charge on any atom is 0.353 e. The van der Waals surface area contributed by atoms with Crippen molar-refractivity contribution >= 4 is 35.3 Å². The third-order valence-electron chi connectivity index (χ3n) is 7.60. The van der Waals surface area contributed by atoms with Crippen LogP contribution in [-0.2, 0) is 19.2 Å². The highest BCUT2D eigenvalue weighted by atomic mass is 32.2. The number of carbonyl (C=O) groups excluding carboxylic acids is 3. The molecule has 4 aliphatic rings. The van der Waals surface area contributed by atoms with Crippen molar-refractivity contribution in [2.45, 2.75) is 63.4 Å². The number of carboxylic acid groups (broad SMARTS) is 1. The molecular formula is C23H34N4O5S. The van der Waals surface area contributed by atoms with Gasteiger partial charge in [-0.15, -0.1) is 11.8 Å². The third-order valence-corrected chi connectivity index (χ3v) is 9.12. The van der Waals surface area contributed by atoms with Gasteiger partial charge in [0.05, 0.1) is 18.0 Å². The van der Waals surface area contributed by atoms with E-state index in [1.165, 1.54) is 23.6 Å². The Hall–Kier alpha value is -1.91. The number of carbonyl (C=O) groups is 4. The van der Waals surface area contributed by atoms with E-state index in [1.807, 2.05) is 25.8 Å². The molecule has 0 aliphatic carbocycles. The van der Waals surface area contributed by atoms with Gasteiger partial charge >= 0.3 is 5.97 Å². The molecule has 9 nitrogen and oxygen atoms in total. The first kappa shape index (κ1) is 24.2. The highest BCUT2D eigenvalue weighted by Crippen LogP contribution is 2.53. The Bertz CT molecular complexity index is 892. The molecule has 182 valence electrons. The number of rotatable bonds is 8. The van der Waals surface area contributed by atoms with Gasteiger partial charge in [-0.3, -0.25) is 9.59 Å². The van der Waals surface area contributed by atoms with E-state index in [2.05, 4.69) is 10.6 Å². The summed E-state index contributed by atoms with van der Waals surface area (Å²) in [6, 6.07) is -0.135. The molecule has 2 amide bonds. The standard InChI is InChI=1S/C23H34N4O5S/c1-11(7-12(2)28)17-18-13(3)20(19(23(31)32)27(18)22(17)30)33-15-8-16(25-9-15)21(29)26-6-5-14(10-26)24-4/h11,13-18,24-25H,5-10H2,1-4H3,(H,31,32)/t11-,13+,14-,15?,16?,17+,18+/m0/s1. The summed E-state index contributed by atoms with van der Waals surface area (Å²) < 4.78 is 0. The number of thioether (sulfide) groups is 1. The molecule has 0 spiro atoms. The summed E-state index contributed by atoms with van der Waals surface area (Å²) in [5.41, 5.74) is 0.0833. The van der Waals surface area contributed by atoms with Gasteiger partial charge in [0.1, 0.15) is 11.5 Å². The second kappa shape index (κ2) is 9.38. The van der Waals surface area contributed by atoms with Crippen LogP contribution in [0, 0.1) is 17.8 Å². The average Bonchev–Trinajstić information content (AvgIpc) is 3.46. The fourth-order valence-electron chi connectivity index (χ4n) is 5.92. The minimum Gasteiger partial charge on any atom is -0.477 e. The first-order valence-electron chi connectivity index (χ1n) is 11.8. The summed E-state index contributed by atoms with van der Waals surface area (Å²) >= 11 is 1.50. The minimum atomic E-state index is -1.09. The predicted octanol–water partition coefficient (Wildman–Crippen LogP) is 0.659. The normalized spacial score (nSPS) is 34.5. The van der Waals surface area contributed by atoms with Crippen LogP contribution in [0.3, 0.4) is 0 Å². The number of nitrogens with one attached hydrogen (secondary N) is 2. The molecule has 4 rings (SSSR count). The first-order chi connectivity index (χ1) is 15.6. The Morgan fingerprint density at radius 2 is 2.06 bits per heavy atom. The Labute approximate surface area is 198 Å². The molecular weight excluding hydrogens is 444 g/mol. The van der Waals surface area contributed by atoms with Gasteiger partial charge in [-0.1, -0.05) is 13.8 Å². The Kier molecular flexibility index (Phi) is 6.89. The average molecular weight is 479 g/mol. The van der Waals surface area contributed by atoms with Crippen molar-refractivity contribution < 1.29 is 24.3 Å². The number of β-lactam (4-membered cyclic amide) rings is 1. The van der Waals surface area contributed by atoms with E-state index in [9.17, 15) is 24.3 Å². The lowest BCUT2D eigenvalue weighted by Crippen LogP contribution is -2.62. The van der Waals surface area contributed by atoms with Crippen LogP contribution in [0.2, 0.25) is 0 Å². The van der Waals surface area contributed by atoms with Gasteiger partial charge < -0.3 is 30.3 Å². The van der Waals surface area contributed by atoms with Crippen LogP contribution in [-0.4, -0.2) is 88.5 Å². The summed E-state index contributed by atoms with van der Waals surface area (Å²) in [7, 11) is 1.91. The molecule has 3 fully saturated rings. The van der Waals surface area contributed by atoms with Gasteiger partial charge in [0, 0.05) is 48.2 Å². The SMILES string of the molecule is CN[C@H]1CCN(C(=O)C2CC(SC3=C(C(=O)O)N4C(=O)[C@H]([C@@H](C)CC(C)=O)[C@H]4[C@H]3C)CN2)C1. The minimum absolute atomic E-state index is 0.0344. The molecule has 3 saturated heterocycles. The van der Waals surface area contributed by atoms with E-state index in [1.54, 1.807) is 0 Å². The maximum atomic E-state index is 12.9. The van der Waals surface area contributed by atoms with E-state index >= 15 is 0 Å². The second-order valence-electron chi connectivity index (χ2n) is 9.91. The molecule has 33 heavy (non-hydrogen) atoms. The number of Topliss-reactive ketones (excluding diaryl/α,β-unsaturated/α-hetero) is 1. The van der Waals surface area contributed by atoms with Gasteiger partial charge in [-0.05, 0) is 32.7 Å². The Morgan fingerprint density at radius 1 is 1.33 bits per heavy atom. The van der Waals surface area contributed by atoms with Crippen molar-refractivity contribution in [3.8, 4) is 0 Å². The molecule has 0 aromatic carbocycles. The lowest BCUT2D eigenvalue weighted by Gasteiger charge is -2.47. The summed E-state index contributed by atoms with van der Waals surface area (Å²) in [5, 5.41) is 16.5. The van der Waals surface area contributed by atoms with Crippen molar-refractivity contribution in [1.29, 1.82) is 0 Å².